The summed E-state index contributed by atoms with van der Waals surface area (Å²) in [4.78, 5) is 36.0. The van der Waals surface area contributed by atoms with Crippen molar-refractivity contribution in [2.45, 2.75) is 53.3 Å². The largest absolute Gasteiger partial charge is 0.480 e. The van der Waals surface area contributed by atoms with Crippen LogP contribution in [-0.2, 0) is 20.9 Å². The van der Waals surface area contributed by atoms with Crippen LogP contribution in [0.3, 0.4) is 0 Å². The van der Waals surface area contributed by atoms with Gasteiger partial charge in [0, 0.05) is 0 Å². The first-order valence-corrected chi connectivity index (χ1v) is 8.52. The molecule has 7 heteroatoms. The molecule has 7 nitrogen and oxygen atoms in total. The van der Waals surface area contributed by atoms with Crippen LogP contribution in [0.5, 0.6) is 0 Å². The van der Waals surface area contributed by atoms with Gasteiger partial charge in [-0.2, -0.15) is 0 Å². The Labute approximate surface area is 154 Å². The van der Waals surface area contributed by atoms with Gasteiger partial charge in [-0.05, 0) is 16.9 Å². The molecular formula is C19H28N2O5. The van der Waals surface area contributed by atoms with Crippen LogP contribution < -0.4 is 10.6 Å². The Hall–Kier alpha value is -2.57. The third kappa shape index (κ3) is 6.74. The van der Waals surface area contributed by atoms with E-state index in [0.29, 0.717) is 0 Å². The Bertz CT molecular complexity index is 623. The van der Waals surface area contributed by atoms with Gasteiger partial charge >= 0.3 is 12.1 Å². The molecule has 0 radical (unpaired) electrons. The monoisotopic (exact) mass is 364 g/mol. The van der Waals surface area contributed by atoms with Crippen LogP contribution in [0.4, 0.5) is 4.79 Å². The SMILES string of the molecule is CC(C)[C@H](NC(=O)OCc1ccccc1)C(=O)N[C@@H](C(=O)O)C(C)(C)C. The summed E-state index contributed by atoms with van der Waals surface area (Å²) < 4.78 is 5.13. The minimum absolute atomic E-state index is 0.0822. The first kappa shape index (κ1) is 21.5. The Morgan fingerprint density at radius 3 is 2.12 bits per heavy atom. The third-order valence-electron chi connectivity index (χ3n) is 3.83. The van der Waals surface area contributed by atoms with Gasteiger partial charge in [0.15, 0.2) is 0 Å². The molecule has 0 aliphatic rings. The normalized spacial score (nSPS) is 13.6. The maximum absolute atomic E-state index is 12.5. The lowest BCUT2D eigenvalue weighted by Gasteiger charge is -2.30. The fraction of sp³-hybridized carbons (Fsp3) is 0.526. The molecule has 2 atom stereocenters. The number of carbonyl (C=O) groups excluding carboxylic acids is 2. The summed E-state index contributed by atoms with van der Waals surface area (Å²) in [7, 11) is 0. The summed E-state index contributed by atoms with van der Waals surface area (Å²) in [5, 5.41) is 14.4. The quantitative estimate of drug-likeness (QED) is 0.690. The van der Waals surface area contributed by atoms with Crippen molar-refractivity contribution in [3.63, 3.8) is 0 Å². The van der Waals surface area contributed by atoms with Gasteiger partial charge in [0.05, 0.1) is 0 Å². The van der Waals surface area contributed by atoms with E-state index in [9.17, 15) is 19.5 Å². The molecule has 0 saturated heterocycles. The number of alkyl carbamates (subject to hydrolysis) is 1. The molecule has 26 heavy (non-hydrogen) atoms. The minimum atomic E-state index is -1.12. The molecule has 1 aromatic rings. The van der Waals surface area contributed by atoms with Crippen LogP contribution in [0.1, 0.15) is 40.2 Å². The molecule has 0 aliphatic heterocycles. The number of aliphatic carboxylic acids is 1. The lowest BCUT2D eigenvalue weighted by atomic mass is 9.86. The van der Waals surface area contributed by atoms with Crippen LogP contribution in [-0.4, -0.2) is 35.2 Å². The van der Waals surface area contributed by atoms with Gasteiger partial charge in [0.2, 0.25) is 5.91 Å². The molecule has 0 aromatic heterocycles. The number of rotatable bonds is 7. The fourth-order valence-electron chi connectivity index (χ4n) is 2.31. The summed E-state index contributed by atoms with van der Waals surface area (Å²) in [6.45, 7) is 8.76. The van der Waals surface area contributed by atoms with E-state index in [-0.39, 0.29) is 12.5 Å². The van der Waals surface area contributed by atoms with E-state index in [4.69, 9.17) is 4.74 Å². The molecule has 0 spiro atoms. The van der Waals surface area contributed by atoms with E-state index >= 15 is 0 Å². The van der Waals surface area contributed by atoms with Gasteiger partial charge < -0.3 is 20.5 Å². The first-order chi connectivity index (χ1) is 12.0. The standard InChI is InChI=1S/C19H28N2O5/c1-12(2)14(16(22)21-15(17(23)24)19(3,4)5)20-18(25)26-11-13-9-7-6-8-10-13/h6-10,12,14-15H,11H2,1-5H3,(H,20,25)(H,21,22)(H,23,24)/t14-,15-/m0/s1. The van der Waals surface area contributed by atoms with Crippen molar-refractivity contribution in [1.82, 2.24) is 10.6 Å². The van der Waals surface area contributed by atoms with Crippen molar-refractivity contribution in [3.8, 4) is 0 Å². The van der Waals surface area contributed by atoms with Crippen molar-refractivity contribution >= 4 is 18.0 Å². The number of benzene rings is 1. The van der Waals surface area contributed by atoms with Crippen LogP contribution in [0, 0.1) is 11.3 Å². The summed E-state index contributed by atoms with van der Waals surface area (Å²) in [5.41, 5.74) is 0.156. The number of hydrogen-bond donors (Lipinski definition) is 3. The van der Waals surface area contributed by atoms with E-state index in [0.717, 1.165) is 5.56 Å². The Balaban J connectivity index is 2.70. The number of amides is 2. The highest BCUT2D eigenvalue weighted by Gasteiger charge is 2.35. The van der Waals surface area contributed by atoms with Crippen molar-refractivity contribution in [3.05, 3.63) is 35.9 Å². The molecule has 1 rings (SSSR count). The average Bonchev–Trinajstić information content (AvgIpc) is 2.54. The van der Waals surface area contributed by atoms with Crippen LogP contribution in [0.15, 0.2) is 30.3 Å². The average molecular weight is 364 g/mol. The van der Waals surface area contributed by atoms with Crippen molar-refractivity contribution in [2.75, 3.05) is 0 Å². The van der Waals surface area contributed by atoms with Gasteiger partial charge in [0.1, 0.15) is 18.7 Å². The second-order valence-corrected chi connectivity index (χ2v) is 7.57. The topological polar surface area (TPSA) is 105 Å². The second kappa shape index (κ2) is 9.22. The molecule has 0 aliphatic carbocycles. The first-order valence-electron chi connectivity index (χ1n) is 8.52. The van der Waals surface area contributed by atoms with Gasteiger partial charge in [-0.25, -0.2) is 9.59 Å². The number of ether oxygens (including phenoxy) is 1. The van der Waals surface area contributed by atoms with E-state index in [1.54, 1.807) is 34.6 Å². The van der Waals surface area contributed by atoms with E-state index in [1.807, 2.05) is 30.3 Å². The van der Waals surface area contributed by atoms with Gasteiger partial charge in [-0.3, -0.25) is 4.79 Å². The van der Waals surface area contributed by atoms with E-state index < -0.39 is 35.5 Å². The lowest BCUT2D eigenvalue weighted by molar-refractivity contribution is -0.145. The highest BCUT2D eigenvalue weighted by atomic mass is 16.5. The Kier molecular flexibility index (Phi) is 7.61. The fourth-order valence-corrected chi connectivity index (χ4v) is 2.31. The smallest absolute Gasteiger partial charge is 0.408 e. The van der Waals surface area contributed by atoms with Crippen LogP contribution >= 0.6 is 0 Å². The second-order valence-electron chi connectivity index (χ2n) is 7.57. The van der Waals surface area contributed by atoms with Gasteiger partial charge in [-0.15, -0.1) is 0 Å². The molecule has 0 heterocycles. The van der Waals surface area contributed by atoms with Gasteiger partial charge in [-0.1, -0.05) is 65.0 Å². The number of carboxylic acids is 1. The number of hydrogen-bond acceptors (Lipinski definition) is 4. The highest BCUT2D eigenvalue weighted by molar-refractivity contribution is 5.89. The summed E-state index contributed by atoms with van der Waals surface area (Å²) in [6.07, 6.45) is -0.731. The third-order valence-corrected chi connectivity index (χ3v) is 3.83. The predicted octanol–water partition coefficient (Wildman–Crippen LogP) is 2.55. The zero-order chi connectivity index (χ0) is 19.9. The molecule has 0 bridgehead atoms. The number of nitrogens with one attached hydrogen (secondary N) is 2. The number of carboxylic acid groups (broad SMARTS) is 1. The molecule has 0 fully saturated rings. The maximum Gasteiger partial charge on any atom is 0.408 e. The van der Waals surface area contributed by atoms with Crippen LogP contribution in [0.25, 0.3) is 0 Å². The molecule has 0 saturated carbocycles. The molecule has 2 amide bonds. The number of carbonyl (C=O) groups is 3. The zero-order valence-corrected chi connectivity index (χ0v) is 15.9. The lowest BCUT2D eigenvalue weighted by Crippen LogP contribution is -2.56. The zero-order valence-electron chi connectivity index (χ0n) is 15.9. The Morgan fingerprint density at radius 2 is 1.65 bits per heavy atom. The molecule has 1 aromatic carbocycles. The maximum atomic E-state index is 12.5. The Morgan fingerprint density at radius 1 is 1.08 bits per heavy atom. The van der Waals surface area contributed by atoms with E-state index in [2.05, 4.69) is 10.6 Å². The van der Waals surface area contributed by atoms with Gasteiger partial charge in [0.25, 0.3) is 0 Å². The van der Waals surface area contributed by atoms with Crippen molar-refractivity contribution in [2.24, 2.45) is 11.3 Å². The molecule has 3 N–H and O–H groups in total. The minimum Gasteiger partial charge on any atom is -0.480 e. The molecular weight excluding hydrogens is 336 g/mol. The summed E-state index contributed by atoms with van der Waals surface area (Å²) in [5.74, 6) is -1.92. The van der Waals surface area contributed by atoms with Crippen molar-refractivity contribution in [1.29, 1.82) is 0 Å². The van der Waals surface area contributed by atoms with Crippen LogP contribution in [0.2, 0.25) is 0 Å². The summed E-state index contributed by atoms with van der Waals surface area (Å²) in [6, 6.07) is 7.19. The molecule has 0 unspecified atom stereocenters. The highest BCUT2D eigenvalue weighted by Crippen LogP contribution is 2.20. The molecule has 144 valence electrons. The summed E-state index contributed by atoms with van der Waals surface area (Å²) >= 11 is 0. The van der Waals surface area contributed by atoms with Crippen molar-refractivity contribution < 1.29 is 24.2 Å². The predicted molar refractivity (Wildman–Crippen MR) is 97.4 cm³/mol. The van der Waals surface area contributed by atoms with E-state index in [1.165, 1.54) is 0 Å².